The minimum Gasteiger partial charge on any atom is -0.508 e. The van der Waals surface area contributed by atoms with E-state index < -0.39 is 0 Å². The molecule has 0 bridgehead atoms. The third kappa shape index (κ3) is 2.36. The van der Waals surface area contributed by atoms with Crippen molar-refractivity contribution in [1.29, 1.82) is 0 Å². The molecule has 0 aromatic heterocycles. The minimum absolute atomic E-state index is 0.140. The molecule has 98 valence electrons. The molecular weight excluding hydrogens is 234 g/mol. The Balaban J connectivity index is 1.84. The van der Waals surface area contributed by atoms with Crippen LogP contribution in [-0.4, -0.2) is 11.7 Å². The first-order valence-corrected chi connectivity index (χ1v) is 6.76. The van der Waals surface area contributed by atoms with Gasteiger partial charge in [0.1, 0.15) is 5.75 Å². The molecule has 2 aromatic rings. The van der Waals surface area contributed by atoms with Gasteiger partial charge < -0.3 is 10.8 Å². The number of hydrogen-bond donors (Lipinski definition) is 2. The maximum Gasteiger partial charge on any atom is 0.115 e. The van der Waals surface area contributed by atoms with Crippen molar-refractivity contribution in [3.8, 4) is 5.75 Å². The average Bonchev–Trinajstić information content (AvgIpc) is 2.80. The van der Waals surface area contributed by atoms with E-state index in [1.807, 2.05) is 12.1 Å². The van der Waals surface area contributed by atoms with Crippen LogP contribution in [0, 0.1) is 5.41 Å². The van der Waals surface area contributed by atoms with Crippen LogP contribution in [0.2, 0.25) is 0 Å². The van der Waals surface area contributed by atoms with Crippen LogP contribution in [0.5, 0.6) is 5.75 Å². The van der Waals surface area contributed by atoms with E-state index in [2.05, 4.69) is 24.3 Å². The van der Waals surface area contributed by atoms with Crippen molar-refractivity contribution in [3.63, 3.8) is 0 Å². The lowest BCUT2D eigenvalue weighted by Gasteiger charge is -2.27. The largest absolute Gasteiger partial charge is 0.508 e. The Bertz CT molecular complexity index is 549. The van der Waals surface area contributed by atoms with Gasteiger partial charge in [0.25, 0.3) is 0 Å². The van der Waals surface area contributed by atoms with E-state index in [4.69, 9.17) is 5.73 Å². The van der Waals surface area contributed by atoms with Gasteiger partial charge in [0.15, 0.2) is 0 Å². The molecule has 0 heterocycles. The van der Waals surface area contributed by atoms with Gasteiger partial charge in [-0.2, -0.15) is 0 Å². The summed E-state index contributed by atoms with van der Waals surface area (Å²) in [6.07, 6.45) is 3.08. The number of nitrogens with two attached hydrogens (primary N) is 1. The summed E-state index contributed by atoms with van der Waals surface area (Å²) in [5.41, 5.74) is 10.3. The van der Waals surface area contributed by atoms with E-state index in [0.29, 0.717) is 12.3 Å². The first-order valence-electron chi connectivity index (χ1n) is 6.76. The number of phenols is 1. The summed E-state index contributed by atoms with van der Waals surface area (Å²) in [6, 6.07) is 16.1. The van der Waals surface area contributed by atoms with Crippen LogP contribution in [0.4, 0.5) is 0 Å². The van der Waals surface area contributed by atoms with Crippen LogP contribution in [0.3, 0.4) is 0 Å². The number of rotatable bonds is 3. The molecule has 2 aromatic carbocycles. The van der Waals surface area contributed by atoms with Gasteiger partial charge in [-0.15, -0.1) is 0 Å². The van der Waals surface area contributed by atoms with Crippen molar-refractivity contribution in [2.24, 2.45) is 11.1 Å². The maximum absolute atomic E-state index is 9.36. The summed E-state index contributed by atoms with van der Waals surface area (Å²) in [4.78, 5) is 0. The third-order valence-electron chi connectivity index (χ3n) is 4.20. The van der Waals surface area contributed by atoms with Crippen LogP contribution in [0.25, 0.3) is 0 Å². The summed E-state index contributed by atoms with van der Waals surface area (Å²) >= 11 is 0. The van der Waals surface area contributed by atoms with Crippen LogP contribution >= 0.6 is 0 Å². The van der Waals surface area contributed by atoms with Crippen molar-refractivity contribution >= 4 is 0 Å². The Hall–Kier alpha value is -1.80. The van der Waals surface area contributed by atoms with Gasteiger partial charge in [0.2, 0.25) is 0 Å². The quantitative estimate of drug-likeness (QED) is 0.883. The van der Waals surface area contributed by atoms with Crippen molar-refractivity contribution in [2.75, 3.05) is 6.54 Å². The fourth-order valence-corrected chi connectivity index (χ4v) is 3.16. The minimum atomic E-state index is 0.140. The van der Waals surface area contributed by atoms with E-state index in [-0.39, 0.29) is 5.41 Å². The first-order chi connectivity index (χ1) is 9.21. The zero-order chi connectivity index (χ0) is 13.3. The molecule has 1 aliphatic rings. The number of benzene rings is 2. The molecule has 0 fully saturated rings. The molecule has 0 spiro atoms. The van der Waals surface area contributed by atoms with Crippen LogP contribution in [-0.2, 0) is 19.3 Å². The lowest BCUT2D eigenvalue weighted by Crippen LogP contribution is -2.33. The van der Waals surface area contributed by atoms with Gasteiger partial charge >= 0.3 is 0 Å². The highest BCUT2D eigenvalue weighted by Crippen LogP contribution is 2.39. The number of aromatic hydroxyl groups is 1. The van der Waals surface area contributed by atoms with Crippen molar-refractivity contribution in [1.82, 2.24) is 0 Å². The highest BCUT2D eigenvalue weighted by atomic mass is 16.3. The van der Waals surface area contributed by atoms with Gasteiger partial charge in [-0.05, 0) is 60.0 Å². The molecule has 0 atom stereocenters. The summed E-state index contributed by atoms with van der Waals surface area (Å²) in [5.74, 6) is 0.320. The Labute approximate surface area is 113 Å². The highest BCUT2D eigenvalue weighted by molar-refractivity contribution is 5.36. The molecular formula is C17H19NO. The van der Waals surface area contributed by atoms with Crippen molar-refractivity contribution < 1.29 is 5.11 Å². The van der Waals surface area contributed by atoms with Crippen molar-refractivity contribution in [3.05, 3.63) is 65.2 Å². The smallest absolute Gasteiger partial charge is 0.115 e. The second kappa shape index (κ2) is 4.71. The Morgan fingerprint density at radius 3 is 2.05 bits per heavy atom. The Morgan fingerprint density at radius 2 is 1.53 bits per heavy atom. The Morgan fingerprint density at radius 1 is 0.947 bits per heavy atom. The van der Waals surface area contributed by atoms with Gasteiger partial charge in [0.05, 0.1) is 0 Å². The summed E-state index contributed by atoms with van der Waals surface area (Å²) < 4.78 is 0. The van der Waals surface area contributed by atoms with Gasteiger partial charge in [-0.3, -0.25) is 0 Å². The molecule has 19 heavy (non-hydrogen) atoms. The monoisotopic (exact) mass is 253 g/mol. The normalized spacial score (nSPS) is 16.3. The van der Waals surface area contributed by atoms with Gasteiger partial charge in [0, 0.05) is 0 Å². The molecule has 2 nitrogen and oxygen atoms in total. The van der Waals surface area contributed by atoms with Crippen LogP contribution in [0.15, 0.2) is 48.5 Å². The molecule has 0 saturated carbocycles. The summed E-state index contributed by atoms with van der Waals surface area (Å²) in [6.45, 7) is 0.697. The topological polar surface area (TPSA) is 46.2 Å². The molecule has 0 aliphatic heterocycles. The fourth-order valence-electron chi connectivity index (χ4n) is 3.16. The molecule has 0 unspecified atom stereocenters. The molecule has 0 amide bonds. The number of fused-ring (bicyclic) bond motifs is 1. The molecule has 2 heteroatoms. The molecule has 3 rings (SSSR count). The SMILES string of the molecule is NCC1(Cc2ccc(O)cc2)Cc2ccccc2C1. The average molecular weight is 253 g/mol. The predicted octanol–water partition coefficient (Wildman–Crippen LogP) is 2.68. The van der Waals surface area contributed by atoms with E-state index in [9.17, 15) is 5.11 Å². The third-order valence-corrected chi connectivity index (χ3v) is 4.20. The highest BCUT2D eigenvalue weighted by Gasteiger charge is 2.35. The first kappa shape index (κ1) is 12.2. The number of phenolic OH excluding ortho intramolecular Hbond substituents is 1. The van der Waals surface area contributed by atoms with Crippen molar-refractivity contribution in [2.45, 2.75) is 19.3 Å². The van der Waals surface area contributed by atoms with Gasteiger partial charge in [-0.1, -0.05) is 36.4 Å². The van der Waals surface area contributed by atoms with Crippen LogP contribution < -0.4 is 5.73 Å². The second-order valence-electron chi connectivity index (χ2n) is 5.67. The van der Waals surface area contributed by atoms with E-state index in [0.717, 1.165) is 19.3 Å². The van der Waals surface area contributed by atoms with E-state index in [1.54, 1.807) is 12.1 Å². The van der Waals surface area contributed by atoms with Gasteiger partial charge in [-0.25, -0.2) is 0 Å². The molecule has 3 N–H and O–H groups in total. The molecule has 0 saturated heterocycles. The lowest BCUT2D eigenvalue weighted by molar-refractivity contribution is 0.314. The summed E-state index contributed by atoms with van der Waals surface area (Å²) in [7, 11) is 0. The van der Waals surface area contributed by atoms with E-state index in [1.165, 1.54) is 16.7 Å². The Kier molecular flexibility index (Phi) is 3.03. The fraction of sp³-hybridized carbons (Fsp3) is 0.294. The summed E-state index contributed by atoms with van der Waals surface area (Å²) in [5, 5.41) is 9.36. The lowest BCUT2D eigenvalue weighted by atomic mass is 9.79. The van der Waals surface area contributed by atoms with Crippen LogP contribution in [0.1, 0.15) is 16.7 Å². The maximum atomic E-state index is 9.36. The number of hydrogen-bond acceptors (Lipinski definition) is 2. The molecule has 0 radical (unpaired) electrons. The standard InChI is InChI=1S/C17H19NO/c18-12-17(9-13-5-7-16(19)8-6-13)10-14-3-1-2-4-15(14)11-17/h1-8,19H,9-12,18H2. The molecule has 1 aliphatic carbocycles. The second-order valence-corrected chi connectivity index (χ2v) is 5.67. The predicted molar refractivity (Wildman–Crippen MR) is 77.1 cm³/mol. The van der Waals surface area contributed by atoms with E-state index >= 15 is 0 Å². The zero-order valence-corrected chi connectivity index (χ0v) is 11.0. The zero-order valence-electron chi connectivity index (χ0n) is 11.0.